The summed E-state index contributed by atoms with van der Waals surface area (Å²) in [5.41, 5.74) is 5.40. The summed E-state index contributed by atoms with van der Waals surface area (Å²) < 4.78 is 5.55. The molecule has 1 aliphatic rings. The van der Waals surface area contributed by atoms with Crippen molar-refractivity contribution in [3.05, 3.63) is 95.7 Å². The van der Waals surface area contributed by atoms with E-state index >= 15 is 0 Å². The van der Waals surface area contributed by atoms with Crippen LogP contribution in [0.25, 0.3) is 17.2 Å². The highest BCUT2D eigenvalue weighted by molar-refractivity contribution is 6.03. The second-order valence-electron chi connectivity index (χ2n) is 5.85. The molecule has 1 aliphatic heterocycles. The van der Waals surface area contributed by atoms with Crippen LogP contribution in [-0.2, 0) is 11.3 Å². The van der Waals surface area contributed by atoms with E-state index in [4.69, 9.17) is 4.74 Å². The number of nitrogens with one attached hydrogen (secondary N) is 1. The average molecular weight is 327 g/mol. The predicted molar refractivity (Wildman–Crippen MR) is 100 cm³/mol. The Bertz CT molecular complexity index is 945. The zero-order valence-electron chi connectivity index (χ0n) is 13.6. The average Bonchev–Trinajstić information content (AvgIpc) is 2.86. The highest BCUT2D eigenvalue weighted by Crippen LogP contribution is 2.37. The SMILES string of the molecule is O=C(OCc1ccccc1)c1cccc2c1-c1ccccc1C=CN2. The van der Waals surface area contributed by atoms with Crippen molar-refractivity contribution in [3.63, 3.8) is 0 Å². The number of hydrogen-bond donors (Lipinski definition) is 1. The van der Waals surface area contributed by atoms with Gasteiger partial charge in [-0.3, -0.25) is 0 Å². The van der Waals surface area contributed by atoms with Gasteiger partial charge in [0.25, 0.3) is 0 Å². The van der Waals surface area contributed by atoms with Gasteiger partial charge in [-0.2, -0.15) is 0 Å². The molecule has 0 aromatic heterocycles. The second kappa shape index (κ2) is 6.65. The normalized spacial score (nSPS) is 11.7. The summed E-state index contributed by atoms with van der Waals surface area (Å²) in [6.45, 7) is 0.261. The molecule has 3 aromatic carbocycles. The fourth-order valence-corrected chi connectivity index (χ4v) is 3.02. The van der Waals surface area contributed by atoms with Gasteiger partial charge in [0.1, 0.15) is 6.61 Å². The summed E-state index contributed by atoms with van der Waals surface area (Å²) in [4.78, 5) is 12.7. The van der Waals surface area contributed by atoms with Crippen LogP contribution < -0.4 is 5.32 Å². The van der Waals surface area contributed by atoms with Crippen molar-refractivity contribution < 1.29 is 9.53 Å². The zero-order valence-corrected chi connectivity index (χ0v) is 13.6. The van der Waals surface area contributed by atoms with Gasteiger partial charge < -0.3 is 10.1 Å². The lowest BCUT2D eigenvalue weighted by molar-refractivity contribution is 0.0473. The van der Waals surface area contributed by atoms with Gasteiger partial charge in [-0.05, 0) is 34.9 Å². The van der Waals surface area contributed by atoms with E-state index in [-0.39, 0.29) is 12.6 Å². The van der Waals surface area contributed by atoms with E-state index in [1.165, 1.54) is 0 Å². The monoisotopic (exact) mass is 327 g/mol. The predicted octanol–water partition coefficient (Wildman–Crippen LogP) is 5.11. The summed E-state index contributed by atoms with van der Waals surface area (Å²) in [5, 5.41) is 3.25. The van der Waals surface area contributed by atoms with Gasteiger partial charge in [0, 0.05) is 17.5 Å². The Morgan fingerprint density at radius 1 is 0.880 bits per heavy atom. The Hall–Kier alpha value is -3.33. The van der Waals surface area contributed by atoms with Crippen LogP contribution >= 0.6 is 0 Å². The fourth-order valence-electron chi connectivity index (χ4n) is 3.02. The van der Waals surface area contributed by atoms with Crippen LogP contribution in [0.5, 0.6) is 0 Å². The Labute approximate surface area is 146 Å². The van der Waals surface area contributed by atoms with Crippen molar-refractivity contribution in [3.8, 4) is 11.1 Å². The zero-order chi connectivity index (χ0) is 17.1. The molecule has 0 saturated carbocycles. The molecule has 25 heavy (non-hydrogen) atoms. The Morgan fingerprint density at radius 2 is 1.68 bits per heavy atom. The summed E-state index contributed by atoms with van der Waals surface area (Å²) in [6.07, 6.45) is 3.90. The maximum atomic E-state index is 12.7. The molecule has 3 heteroatoms. The van der Waals surface area contributed by atoms with Crippen molar-refractivity contribution in [1.29, 1.82) is 0 Å². The molecule has 1 heterocycles. The first kappa shape index (κ1) is 15.2. The van der Waals surface area contributed by atoms with Crippen molar-refractivity contribution in [2.45, 2.75) is 6.61 Å². The molecule has 0 aliphatic carbocycles. The van der Waals surface area contributed by atoms with Crippen LogP contribution in [0, 0.1) is 0 Å². The number of carbonyl (C=O) groups is 1. The lowest BCUT2D eigenvalue weighted by atomic mass is 9.94. The third-order valence-electron chi connectivity index (χ3n) is 4.23. The summed E-state index contributed by atoms with van der Waals surface area (Å²) in [5.74, 6) is -0.320. The van der Waals surface area contributed by atoms with E-state index in [1.807, 2.05) is 85.1 Å². The quantitative estimate of drug-likeness (QED) is 0.680. The standard InChI is InChI=1S/C22H17NO2/c24-22(25-15-16-7-2-1-3-8-16)19-11-6-12-20-21(19)18-10-5-4-9-17(18)13-14-23-20/h1-14,23H,15H2. The maximum absolute atomic E-state index is 12.7. The van der Waals surface area contributed by atoms with Crippen molar-refractivity contribution >= 4 is 17.7 Å². The smallest absolute Gasteiger partial charge is 0.339 e. The van der Waals surface area contributed by atoms with Crippen LogP contribution in [0.3, 0.4) is 0 Å². The van der Waals surface area contributed by atoms with Gasteiger partial charge in [-0.25, -0.2) is 4.79 Å². The van der Waals surface area contributed by atoms with Crippen molar-refractivity contribution in [2.24, 2.45) is 0 Å². The van der Waals surface area contributed by atoms with Crippen LogP contribution in [0.4, 0.5) is 5.69 Å². The molecule has 3 aromatic rings. The van der Waals surface area contributed by atoms with Crippen LogP contribution in [-0.4, -0.2) is 5.97 Å². The number of benzene rings is 3. The number of hydrogen-bond acceptors (Lipinski definition) is 3. The van der Waals surface area contributed by atoms with Gasteiger partial charge in [0.05, 0.1) is 5.56 Å². The fraction of sp³-hybridized carbons (Fsp3) is 0.0455. The lowest BCUT2D eigenvalue weighted by Gasteiger charge is -2.14. The van der Waals surface area contributed by atoms with Crippen molar-refractivity contribution in [2.75, 3.05) is 5.32 Å². The molecule has 0 fully saturated rings. The molecule has 122 valence electrons. The molecule has 0 bridgehead atoms. The summed E-state index contributed by atoms with van der Waals surface area (Å²) >= 11 is 0. The molecule has 0 amide bonds. The van der Waals surface area contributed by atoms with Gasteiger partial charge in [-0.15, -0.1) is 0 Å². The minimum atomic E-state index is -0.320. The Morgan fingerprint density at radius 3 is 2.56 bits per heavy atom. The van der Waals surface area contributed by atoms with E-state index in [1.54, 1.807) is 0 Å². The third-order valence-corrected chi connectivity index (χ3v) is 4.23. The number of ether oxygens (including phenoxy) is 1. The number of rotatable bonds is 3. The first-order chi connectivity index (χ1) is 12.3. The molecular formula is C22H17NO2. The first-order valence-electron chi connectivity index (χ1n) is 8.19. The number of fused-ring (bicyclic) bond motifs is 3. The van der Waals surface area contributed by atoms with Gasteiger partial charge in [0.15, 0.2) is 0 Å². The second-order valence-corrected chi connectivity index (χ2v) is 5.85. The van der Waals surface area contributed by atoms with Crippen LogP contribution in [0.1, 0.15) is 21.5 Å². The lowest BCUT2D eigenvalue weighted by Crippen LogP contribution is -2.08. The van der Waals surface area contributed by atoms with E-state index in [9.17, 15) is 4.79 Å². The minimum absolute atomic E-state index is 0.261. The summed E-state index contributed by atoms with van der Waals surface area (Å²) in [6, 6.07) is 23.4. The highest BCUT2D eigenvalue weighted by atomic mass is 16.5. The Balaban J connectivity index is 1.70. The van der Waals surface area contributed by atoms with Crippen molar-refractivity contribution in [1.82, 2.24) is 0 Å². The van der Waals surface area contributed by atoms with Gasteiger partial charge in [-0.1, -0.05) is 60.7 Å². The van der Waals surface area contributed by atoms with E-state index < -0.39 is 0 Å². The number of anilines is 1. The van der Waals surface area contributed by atoms with Gasteiger partial charge in [0.2, 0.25) is 0 Å². The molecular weight excluding hydrogens is 310 g/mol. The number of carbonyl (C=O) groups excluding carboxylic acids is 1. The van der Waals surface area contributed by atoms with Crippen LogP contribution in [0.15, 0.2) is 79.0 Å². The van der Waals surface area contributed by atoms with E-state index in [2.05, 4.69) is 5.32 Å². The molecule has 3 nitrogen and oxygen atoms in total. The number of esters is 1. The van der Waals surface area contributed by atoms with E-state index in [0.29, 0.717) is 5.56 Å². The molecule has 4 rings (SSSR count). The third kappa shape index (κ3) is 3.04. The molecule has 0 radical (unpaired) electrons. The molecule has 1 N–H and O–H groups in total. The first-order valence-corrected chi connectivity index (χ1v) is 8.19. The minimum Gasteiger partial charge on any atom is -0.457 e. The maximum Gasteiger partial charge on any atom is 0.339 e. The van der Waals surface area contributed by atoms with E-state index in [0.717, 1.165) is 27.9 Å². The highest BCUT2D eigenvalue weighted by Gasteiger charge is 2.20. The molecule has 0 atom stereocenters. The summed E-state index contributed by atoms with van der Waals surface area (Å²) in [7, 11) is 0. The van der Waals surface area contributed by atoms with Gasteiger partial charge >= 0.3 is 5.97 Å². The largest absolute Gasteiger partial charge is 0.457 e. The Kier molecular flexibility index (Phi) is 4.05. The molecule has 0 saturated heterocycles. The topological polar surface area (TPSA) is 38.3 Å². The molecule has 0 unspecified atom stereocenters. The molecule has 0 spiro atoms. The van der Waals surface area contributed by atoms with Crippen LogP contribution in [0.2, 0.25) is 0 Å².